The molecule has 4 rings (SSSR count). The Morgan fingerprint density at radius 3 is 2.89 bits per heavy atom. The number of benzene rings is 1. The molecule has 6 nitrogen and oxygen atoms in total. The highest BCUT2D eigenvalue weighted by molar-refractivity contribution is 5.94. The minimum absolute atomic E-state index is 0.0652. The van der Waals surface area contributed by atoms with Crippen LogP contribution in [0.5, 0.6) is 11.5 Å². The van der Waals surface area contributed by atoms with Gasteiger partial charge in [0.1, 0.15) is 22.8 Å². The molecule has 2 heterocycles. The van der Waals surface area contributed by atoms with Crippen molar-refractivity contribution in [2.24, 2.45) is 7.05 Å². The Labute approximate surface area is 159 Å². The zero-order chi connectivity index (χ0) is 19.2. The van der Waals surface area contributed by atoms with Crippen molar-refractivity contribution in [3.05, 3.63) is 40.7 Å². The van der Waals surface area contributed by atoms with Gasteiger partial charge in [-0.15, -0.1) is 0 Å². The zero-order valence-corrected chi connectivity index (χ0v) is 16.5. The molecule has 1 aliphatic heterocycles. The number of hydrogen-bond acceptors (Lipinski definition) is 4. The maximum absolute atomic E-state index is 13.2. The van der Waals surface area contributed by atoms with E-state index in [-0.39, 0.29) is 17.6 Å². The summed E-state index contributed by atoms with van der Waals surface area (Å²) in [7, 11) is 3.50. The second-order valence-corrected chi connectivity index (χ2v) is 8.10. The third-order valence-electron chi connectivity index (χ3n) is 5.51. The van der Waals surface area contributed by atoms with Gasteiger partial charge in [-0.1, -0.05) is 0 Å². The first kappa shape index (κ1) is 17.9. The Morgan fingerprint density at radius 1 is 1.33 bits per heavy atom. The molecular formula is C21H27N3O3. The molecule has 0 spiro atoms. The van der Waals surface area contributed by atoms with Crippen molar-refractivity contribution in [3.8, 4) is 11.5 Å². The number of amides is 1. The number of carbonyl (C=O) groups excluding carboxylic acids is 1. The van der Waals surface area contributed by atoms with E-state index in [1.54, 1.807) is 11.8 Å². The van der Waals surface area contributed by atoms with E-state index in [2.05, 4.69) is 10.4 Å². The average molecular weight is 369 g/mol. The van der Waals surface area contributed by atoms with Gasteiger partial charge in [0.15, 0.2) is 0 Å². The fourth-order valence-corrected chi connectivity index (χ4v) is 4.28. The summed E-state index contributed by atoms with van der Waals surface area (Å²) in [6.07, 6.45) is 4.84. The molecule has 0 radical (unpaired) electrons. The third kappa shape index (κ3) is 3.29. The van der Waals surface area contributed by atoms with Crippen molar-refractivity contribution < 1.29 is 14.3 Å². The molecule has 1 aliphatic carbocycles. The number of methoxy groups -OCH3 is 1. The predicted molar refractivity (Wildman–Crippen MR) is 102 cm³/mol. The summed E-state index contributed by atoms with van der Waals surface area (Å²) in [4.78, 5) is 13.2. The molecule has 0 saturated carbocycles. The molecular weight excluding hydrogens is 342 g/mol. The maximum atomic E-state index is 13.2. The van der Waals surface area contributed by atoms with E-state index in [0.717, 1.165) is 54.0 Å². The Morgan fingerprint density at radius 2 is 2.11 bits per heavy atom. The number of carbonyl (C=O) groups is 1. The molecule has 0 unspecified atom stereocenters. The molecule has 2 aromatic rings. The number of aryl methyl sites for hydroxylation is 2. The van der Waals surface area contributed by atoms with Gasteiger partial charge in [0, 0.05) is 24.6 Å². The number of fused-ring (bicyclic) bond motifs is 2. The van der Waals surface area contributed by atoms with Crippen LogP contribution in [-0.2, 0) is 19.9 Å². The van der Waals surface area contributed by atoms with E-state index in [1.165, 1.54) is 0 Å². The highest BCUT2D eigenvalue weighted by Gasteiger charge is 2.36. The standard InChI is InChI=1S/C21H27N3O3/c1-21(2)12-17(15-11-13(26-4)9-10-18(15)27-21)22-20(25)19-14-7-5-6-8-16(14)23-24(19)3/h9-11,17H,5-8,12H2,1-4H3,(H,22,25)/t17-/m0/s1. The van der Waals surface area contributed by atoms with Crippen LogP contribution >= 0.6 is 0 Å². The van der Waals surface area contributed by atoms with Crippen LogP contribution in [0.25, 0.3) is 0 Å². The van der Waals surface area contributed by atoms with Crippen molar-refractivity contribution in [2.45, 2.75) is 57.6 Å². The number of hydrogen-bond donors (Lipinski definition) is 1. The highest BCUT2D eigenvalue weighted by atomic mass is 16.5. The number of aromatic nitrogens is 2. The van der Waals surface area contributed by atoms with Crippen molar-refractivity contribution in [1.82, 2.24) is 15.1 Å². The third-order valence-corrected chi connectivity index (χ3v) is 5.51. The second kappa shape index (κ2) is 6.59. The summed E-state index contributed by atoms with van der Waals surface area (Å²) in [6.45, 7) is 4.09. The molecule has 144 valence electrons. The van der Waals surface area contributed by atoms with E-state index in [0.29, 0.717) is 12.1 Å². The number of nitrogens with zero attached hydrogens (tertiary/aromatic N) is 2. The molecule has 0 bridgehead atoms. The maximum Gasteiger partial charge on any atom is 0.270 e. The summed E-state index contributed by atoms with van der Waals surface area (Å²) in [5, 5.41) is 7.82. The normalized spacial score (nSPS) is 20.2. The monoisotopic (exact) mass is 369 g/mol. The van der Waals surface area contributed by atoms with Crippen LogP contribution in [0.1, 0.15) is 66.5 Å². The van der Waals surface area contributed by atoms with Crippen LogP contribution in [0.4, 0.5) is 0 Å². The van der Waals surface area contributed by atoms with Crippen LogP contribution in [0.2, 0.25) is 0 Å². The first-order valence-electron chi connectivity index (χ1n) is 9.60. The van der Waals surface area contributed by atoms with E-state index in [4.69, 9.17) is 9.47 Å². The van der Waals surface area contributed by atoms with E-state index in [1.807, 2.05) is 39.1 Å². The van der Waals surface area contributed by atoms with Crippen molar-refractivity contribution in [3.63, 3.8) is 0 Å². The summed E-state index contributed by atoms with van der Waals surface area (Å²) in [5.74, 6) is 1.49. The van der Waals surface area contributed by atoms with Gasteiger partial charge in [0.25, 0.3) is 5.91 Å². The van der Waals surface area contributed by atoms with Gasteiger partial charge in [-0.25, -0.2) is 0 Å². The Bertz CT molecular complexity index is 885. The molecule has 27 heavy (non-hydrogen) atoms. The summed E-state index contributed by atoms with van der Waals surface area (Å²) >= 11 is 0. The first-order chi connectivity index (χ1) is 12.9. The lowest BCUT2D eigenvalue weighted by Gasteiger charge is -2.38. The molecule has 1 amide bonds. The summed E-state index contributed by atoms with van der Waals surface area (Å²) in [6, 6.07) is 5.62. The largest absolute Gasteiger partial charge is 0.497 e. The van der Waals surface area contributed by atoms with Gasteiger partial charge in [0.05, 0.1) is 18.8 Å². The lowest BCUT2D eigenvalue weighted by Crippen LogP contribution is -2.41. The van der Waals surface area contributed by atoms with Gasteiger partial charge >= 0.3 is 0 Å². The van der Waals surface area contributed by atoms with Crippen LogP contribution in [-0.4, -0.2) is 28.4 Å². The Hall–Kier alpha value is -2.50. The number of rotatable bonds is 3. The quantitative estimate of drug-likeness (QED) is 0.901. The first-order valence-corrected chi connectivity index (χ1v) is 9.60. The molecule has 0 saturated heterocycles. The molecule has 1 atom stereocenters. The minimum atomic E-state index is -0.356. The highest BCUT2D eigenvalue weighted by Crippen LogP contribution is 2.41. The van der Waals surface area contributed by atoms with Crippen molar-refractivity contribution in [1.29, 1.82) is 0 Å². The minimum Gasteiger partial charge on any atom is -0.497 e. The van der Waals surface area contributed by atoms with Gasteiger partial charge in [-0.2, -0.15) is 5.10 Å². The fourth-order valence-electron chi connectivity index (χ4n) is 4.28. The van der Waals surface area contributed by atoms with Gasteiger partial charge in [-0.05, 0) is 57.7 Å². The van der Waals surface area contributed by atoms with Crippen LogP contribution in [0, 0.1) is 0 Å². The summed E-state index contributed by atoms with van der Waals surface area (Å²) < 4.78 is 13.2. The topological polar surface area (TPSA) is 65.4 Å². The lowest BCUT2D eigenvalue weighted by atomic mass is 9.89. The Kier molecular flexibility index (Phi) is 4.36. The average Bonchev–Trinajstić information content (AvgIpc) is 2.96. The smallest absolute Gasteiger partial charge is 0.270 e. The molecule has 2 aliphatic rings. The van der Waals surface area contributed by atoms with Gasteiger partial charge in [0.2, 0.25) is 0 Å². The van der Waals surface area contributed by atoms with E-state index in [9.17, 15) is 4.79 Å². The Balaban J connectivity index is 1.66. The SMILES string of the molecule is COc1ccc2c(c1)[C@@H](NC(=O)c1c3c(nn1C)CCCC3)CC(C)(C)O2. The zero-order valence-electron chi connectivity index (χ0n) is 16.5. The second-order valence-electron chi connectivity index (χ2n) is 8.10. The van der Waals surface area contributed by atoms with Crippen molar-refractivity contribution in [2.75, 3.05) is 7.11 Å². The van der Waals surface area contributed by atoms with E-state index >= 15 is 0 Å². The number of ether oxygens (including phenoxy) is 2. The van der Waals surface area contributed by atoms with Gasteiger partial charge in [-0.3, -0.25) is 9.48 Å². The molecule has 1 aromatic carbocycles. The van der Waals surface area contributed by atoms with Crippen LogP contribution in [0.3, 0.4) is 0 Å². The number of nitrogens with one attached hydrogen (secondary N) is 1. The van der Waals surface area contributed by atoms with Crippen LogP contribution < -0.4 is 14.8 Å². The van der Waals surface area contributed by atoms with Gasteiger partial charge < -0.3 is 14.8 Å². The van der Waals surface area contributed by atoms with Crippen molar-refractivity contribution >= 4 is 5.91 Å². The fraction of sp³-hybridized carbons (Fsp3) is 0.524. The lowest BCUT2D eigenvalue weighted by molar-refractivity contribution is 0.0615. The van der Waals surface area contributed by atoms with Crippen LogP contribution in [0.15, 0.2) is 18.2 Å². The predicted octanol–water partition coefficient (Wildman–Crippen LogP) is 3.34. The molecule has 0 fully saturated rings. The molecule has 1 N–H and O–H groups in total. The molecule has 1 aromatic heterocycles. The summed E-state index contributed by atoms with van der Waals surface area (Å²) in [5.41, 5.74) is 3.48. The van der Waals surface area contributed by atoms with E-state index < -0.39 is 0 Å². The molecule has 6 heteroatoms.